The van der Waals surface area contributed by atoms with Gasteiger partial charge >= 0.3 is 0 Å². The number of ether oxygens (including phenoxy) is 1. The zero-order chi connectivity index (χ0) is 14.0. The van der Waals surface area contributed by atoms with Gasteiger partial charge in [0.15, 0.2) is 0 Å². The predicted octanol–water partition coefficient (Wildman–Crippen LogP) is 4.27. The van der Waals surface area contributed by atoms with Gasteiger partial charge in [0.1, 0.15) is 5.75 Å². The molecule has 0 aliphatic rings. The summed E-state index contributed by atoms with van der Waals surface area (Å²) in [7, 11) is 2.01. The number of nitrogens with one attached hydrogen (secondary N) is 1. The van der Waals surface area contributed by atoms with Crippen molar-refractivity contribution in [3.8, 4) is 5.75 Å². The third-order valence-electron chi connectivity index (χ3n) is 3.43. The lowest BCUT2D eigenvalue weighted by atomic mass is 9.94. The van der Waals surface area contributed by atoms with Crippen molar-refractivity contribution in [2.45, 2.75) is 18.8 Å². The topological polar surface area (TPSA) is 21.3 Å². The van der Waals surface area contributed by atoms with Gasteiger partial charge in [-0.3, -0.25) is 0 Å². The predicted molar refractivity (Wildman–Crippen MR) is 91.5 cm³/mol. The summed E-state index contributed by atoms with van der Waals surface area (Å²) in [5.74, 6) is 1.51. The maximum Gasteiger partial charge on any atom is 0.119 e. The normalized spacial score (nSPS) is 11.5. The van der Waals surface area contributed by atoms with Crippen LogP contribution in [0.25, 0.3) is 0 Å². The molecule has 3 heteroatoms. The van der Waals surface area contributed by atoms with E-state index < -0.39 is 0 Å². The summed E-state index contributed by atoms with van der Waals surface area (Å²) in [6.07, 6.45) is 2.20. The Morgan fingerprint density at radius 1 is 0.952 bits per heavy atom. The van der Waals surface area contributed by atoms with E-state index in [1.165, 1.54) is 5.56 Å². The molecule has 0 heterocycles. The summed E-state index contributed by atoms with van der Waals surface area (Å²) in [5, 5.41) is 3.28. The molecule has 0 radical (unpaired) electrons. The summed E-state index contributed by atoms with van der Waals surface area (Å²) in [5.41, 5.74) is 1.40. The molecule has 2 aromatic rings. The van der Waals surface area contributed by atoms with Crippen molar-refractivity contribution in [2.75, 3.05) is 20.2 Å². The summed E-state index contributed by atoms with van der Waals surface area (Å²) < 4.78 is 5.75. The van der Waals surface area contributed by atoms with Crippen molar-refractivity contribution >= 4 is 12.4 Å². The van der Waals surface area contributed by atoms with Crippen LogP contribution in [0.5, 0.6) is 5.75 Å². The van der Waals surface area contributed by atoms with E-state index in [2.05, 4.69) is 35.6 Å². The number of rotatable bonds is 8. The first-order chi connectivity index (χ1) is 9.90. The van der Waals surface area contributed by atoms with Gasteiger partial charge in [0.2, 0.25) is 0 Å². The van der Waals surface area contributed by atoms with Crippen molar-refractivity contribution in [3.63, 3.8) is 0 Å². The monoisotopic (exact) mass is 305 g/mol. The van der Waals surface area contributed by atoms with E-state index in [-0.39, 0.29) is 12.4 Å². The molecular weight excluding hydrogens is 282 g/mol. The zero-order valence-corrected chi connectivity index (χ0v) is 13.3. The minimum atomic E-state index is 0. The Hall–Kier alpha value is -1.51. The molecule has 2 rings (SSSR count). The van der Waals surface area contributed by atoms with Crippen LogP contribution in [-0.2, 0) is 0 Å². The number of hydrogen-bond donors (Lipinski definition) is 1. The van der Waals surface area contributed by atoms with Crippen LogP contribution in [-0.4, -0.2) is 20.2 Å². The highest BCUT2D eigenvalue weighted by atomic mass is 35.5. The molecule has 0 fully saturated rings. The first-order valence-electron chi connectivity index (χ1n) is 7.27. The third-order valence-corrected chi connectivity index (χ3v) is 3.43. The Kier molecular flexibility index (Phi) is 8.56. The fraction of sp³-hybridized carbons (Fsp3) is 0.333. The van der Waals surface area contributed by atoms with Crippen molar-refractivity contribution in [1.82, 2.24) is 5.32 Å². The first-order valence-corrected chi connectivity index (χ1v) is 7.27. The molecule has 21 heavy (non-hydrogen) atoms. The lowest BCUT2D eigenvalue weighted by Gasteiger charge is -2.17. The SMILES string of the molecule is CNCC(CCCOc1ccccc1)c1ccccc1.Cl. The van der Waals surface area contributed by atoms with E-state index in [0.717, 1.165) is 31.7 Å². The van der Waals surface area contributed by atoms with E-state index in [0.29, 0.717) is 5.92 Å². The second-order valence-corrected chi connectivity index (χ2v) is 4.97. The van der Waals surface area contributed by atoms with Crippen LogP contribution < -0.4 is 10.1 Å². The van der Waals surface area contributed by atoms with Gasteiger partial charge in [0, 0.05) is 6.54 Å². The Morgan fingerprint density at radius 2 is 1.57 bits per heavy atom. The molecule has 114 valence electrons. The van der Waals surface area contributed by atoms with E-state index in [9.17, 15) is 0 Å². The van der Waals surface area contributed by atoms with Gasteiger partial charge in [0.05, 0.1) is 6.61 Å². The minimum absolute atomic E-state index is 0. The second-order valence-electron chi connectivity index (χ2n) is 4.97. The fourth-order valence-electron chi connectivity index (χ4n) is 2.39. The van der Waals surface area contributed by atoms with Crippen molar-refractivity contribution in [3.05, 3.63) is 66.2 Å². The molecule has 1 atom stereocenters. The molecule has 0 bridgehead atoms. The van der Waals surface area contributed by atoms with Crippen LogP contribution in [0.3, 0.4) is 0 Å². The molecule has 0 aromatic heterocycles. The van der Waals surface area contributed by atoms with Crippen LogP contribution in [0.15, 0.2) is 60.7 Å². The Morgan fingerprint density at radius 3 is 2.19 bits per heavy atom. The first kappa shape index (κ1) is 17.5. The third kappa shape index (κ3) is 6.19. The average molecular weight is 306 g/mol. The Labute approximate surface area is 133 Å². The van der Waals surface area contributed by atoms with Crippen LogP contribution in [0.1, 0.15) is 24.3 Å². The van der Waals surface area contributed by atoms with Gasteiger partial charge in [-0.25, -0.2) is 0 Å². The number of para-hydroxylation sites is 1. The summed E-state index contributed by atoms with van der Waals surface area (Å²) in [6, 6.07) is 20.7. The number of likely N-dealkylation sites (N-methyl/N-ethyl adjacent to an activating group) is 1. The molecule has 2 aromatic carbocycles. The highest BCUT2D eigenvalue weighted by Gasteiger charge is 2.09. The smallest absolute Gasteiger partial charge is 0.119 e. The quantitative estimate of drug-likeness (QED) is 0.735. The van der Waals surface area contributed by atoms with Gasteiger partial charge in [-0.15, -0.1) is 12.4 Å². The lowest BCUT2D eigenvalue weighted by Crippen LogP contribution is -2.18. The number of halogens is 1. The van der Waals surface area contributed by atoms with Crippen LogP contribution in [0, 0.1) is 0 Å². The van der Waals surface area contributed by atoms with Crippen molar-refractivity contribution in [1.29, 1.82) is 0 Å². The molecule has 1 N–H and O–H groups in total. The number of hydrogen-bond acceptors (Lipinski definition) is 2. The molecular formula is C18H24ClNO. The largest absolute Gasteiger partial charge is 0.494 e. The maximum absolute atomic E-state index is 5.75. The highest BCUT2D eigenvalue weighted by molar-refractivity contribution is 5.85. The Balaban J connectivity index is 0.00000220. The fourth-order valence-corrected chi connectivity index (χ4v) is 2.39. The summed E-state index contributed by atoms with van der Waals surface area (Å²) in [4.78, 5) is 0. The van der Waals surface area contributed by atoms with Crippen LogP contribution in [0.4, 0.5) is 0 Å². The van der Waals surface area contributed by atoms with Crippen molar-refractivity contribution in [2.24, 2.45) is 0 Å². The van der Waals surface area contributed by atoms with E-state index in [4.69, 9.17) is 4.74 Å². The maximum atomic E-state index is 5.75. The van der Waals surface area contributed by atoms with Crippen LogP contribution >= 0.6 is 12.4 Å². The number of benzene rings is 2. The summed E-state index contributed by atoms with van der Waals surface area (Å²) in [6.45, 7) is 1.78. The van der Waals surface area contributed by atoms with Gasteiger partial charge in [-0.2, -0.15) is 0 Å². The molecule has 0 amide bonds. The summed E-state index contributed by atoms with van der Waals surface area (Å²) >= 11 is 0. The molecule has 0 spiro atoms. The minimum Gasteiger partial charge on any atom is -0.494 e. The average Bonchev–Trinajstić information content (AvgIpc) is 2.52. The van der Waals surface area contributed by atoms with Gasteiger partial charge < -0.3 is 10.1 Å². The van der Waals surface area contributed by atoms with Gasteiger partial charge in [-0.1, -0.05) is 48.5 Å². The van der Waals surface area contributed by atoms with E-state index >= 15 is 0 Å². The molecule has 1 unspecified atom stereocenters. The highest BCUT2D eigenvalue weighted by Crippen LogP contribution is 2.20. The van der Waals surface area contributed by atoms with Gasteiger partial charge in [-0.05, 0) is 43.5 Å². The molecule has 0 saturated heterocycles. The van der Waals surface area contributed by atoms with Crippen molar-refractivity contribution < 1.29 is 4.74 Å². The van der Waals surface area contributed by atoms with E-state index in [1.54, 1.807) is 0 Å². The Bertz CT molecular complexity index is 475. The standard InChI is InChI=1S/C18H23NO.ClH/c1-19-15-17(16-9-4-2-5-10-16)11-8-14-20-18-12-6-3-7-13-18;/h2-7,9-10,12-13,17,19H,8,11,14-15H2,1H3;1H. The molecule has 0 saturated carbocycles. The molecule has 0 aliphatic heterocycles. The zero-order valence-electron chi connectivity index (χ0n) is 12.5. The lowest BCUT2D eigenvalue weighted by molar-refractivity contribution is 0.301. The van der Waals surface area contributed by atoms with E-state index in [1.807, 2.05) is 37.4 Å². The second kappa shape index (κ2) is 10.3. The van der Waals surface area contributed by atoms with Crippen LogP contribution in [0.2, 0.25) is 0 Å². The molecule has 2 nitrogen and oxygen atoms in total. The molecule has 0 aliphatic carbocycles. The van der Waals surface area contributed by atoms with Gasteiger partial charge in [0.25, 0.3) is 0 Å².